The van der Waals surface area contributed by atoms with E-state index in [1.165, 1.54) is 4.68 Å². The Balaban J connectivity index is 2.44. The molecule has 0 aromatic carbocycles. The summed E-state index contributed by atoms with van der Waals surface area (Å²) in [5.41, 5.74) is -1.40. The number of hydrogen-bond acceptors (Lipinski definition) is 2. The van der Waals surface area contributed by atoms with E-state index in [1.807, 2.05) is 0 Å². The lowest BCUT2D eigenvalue weighted by Gasteiger charge is -2.10. The maximum atomic E-state index is 12.7. The van der Waals surface area contributed by atoms with Gasteiger partial charge in [0.25, 0.3) is 0 Å². The predicted octanol–water partition coefficient (Wildman–Crippen LogP) is 3.16. The van der Waals surface area contributed by atoms with Gasteiger partial charge in [0.15, 0.2) is 5.69 Å². The fraction of sp³-hybridized carbons (Fsp3) is 0.700. The van der Waals surface area contributed by atoms with Crippen LogP contribution in [0.15, 0.2) is 0 Å². The summed E-state index contributed by atoms with van der Waals surface area (Å²) in [6.07, 6.45) is -1.08. The molecule has 1 aromatic rings. The molecule has 3 nitrogen and oxygen atoms in total. The van der Waals surface area contributed by atoms with Crippen LogP contribution in [0.4, 0.5) is 13.2 Å². The normalized spacial score (nSPS) is 17.9. The lowest BCUT2D eigenvalue weighted by Crippen LogP contribution is -2.11. The van der Waals surface area contributed by atoms with Gasteiger partial charge in [0.2, 0.25) is 0 Å². The number of alkyl halides is 3. The first kappa shape index (κ1) is 12.7. The maximum absolute atomic E-state index is 12.7. The van der Waals surface area contributed by atoms with Crippen molar-refractivity contribution in [2.75, 3.05) is 0 Å². The molecule has 1 saturated carbocycles. The summed E-state index contributed by atoms with van der Waals surface area (Å²) in [5.74, 6) is 0. The molecule has 1 fully saturated rings. The summed E-state index contributed by atoms with van der Waals surface area (Å²) in [7, 11) is 0. The van der Waals surface area contributed by atoms with E-state index in [0.717, 1.165) is 25.7 Å². The van der Waals surface area contributed by atoms with E-state index in [4.69, 9.17) is 16.7 Å². The van der Waals surface area contributed by atoms with Crippen LogP contribution in [-0.2, 0) is 12.8 Å². The quantitative estimate of drug-likeness (QED) is 0.895. The molecular formula is C10H12ClF3N2O. The molecule has 0 bridgehead atoms. The highest BCUT2D eigenvalue weighted by Gasteiger charge is 2.39. The van der Waals surface area contributed by atoms with Crippen LogP contribution < -0.4 is 0 Å². The van der Waals surface area contributed by atoms with Crippen molar-refractivity contribution in [3.63, 3.8) is 0 Å². The van der Waals surface area contributed by atoms with Crippen molar-refractivity contribution in [3.8, 4) is 0 Å². The van der Waals surface area contributed by atoms with Crippen molar-refractivity contribution in [1.82, 2.24) is 9.78 Å². The number of halogens is 4. The molecule has 1 aromatic heterocycles. The summed E-state index contributed by atoms with van der Waals surface area (Å²) in [6, 6.07) is -0.0797. The minimum atomic E-state index is -4.58. The molecule has 1 aliphatic carbocycles. The molecule has 2 rings (SSSR count). The third-order valence-corrected chi connectivity index (χ3v) is 3.44. The van der Waals surface area contributed by atoms with Crippen molar-refractivity contribution < 1.29 is 18.3 Å². The second kappa shape index (κ2) is 4.49. The van der Waals surface area contributed by atoms with Crippen LogP contribution in [0.2, 0.25) is 5.15 Å². The van der Waals surface area contributed by atoms with Crippen LogP contribution >= 0.6 is 11.6 Å². The zero-order valence-electron chi connectivity index (χ0n) is 8.97. The average molecular weight is 269 g/mol. The van der Waals surface area contributed by atoms with E-state index in [-0.39, 0.29) is 16.8 Å². The second-order valence-corrected chi connectivity index (χ2v) is 4.51. The molecule has 1 heterocycles. The molecule has 1 N–H and O–H groups in total. The fourth-order valence-electron chi connectivity index (χ4n) is 2.21. The van der Waals surface area contributed by atoms with Crippen LogP contribution in [0, 0.1) is 0 Å². The number of aliphatic hydroxyl groups excluding tert-OH is 1. The molecule has 0 amide bonds. The zero-order chi connectivity index (χ0) is 12.6. The largest absolute Gasteiger partial charge is 0.435 e. The highest BCUT2D eigenvalue weighted by atomic mass is 35.5. The average Bonchev–Trinajstić information content (AvgIpc) is 2.82. The van der Waals surface area contributed by atoms with Crippen LogP contribution in [-0.4, -0.2) is 14.9 Å². The Morgan fingerprint density at radius 2 is 1.94 bits per heavy atom. The molecule has 0 unspecified atom stereocenters. The molecule has 0 atom stereocenters. The Labute approximate surface area is 101 Å². The van der Waals surface area contributed by atoms with E-state index in [0.29, 0.717) is 0 Å². The summed E-state index contributed by atoms with van der Waals surface area (Å²) >= 11 is 5.86. The van der Waals surface area contributed by atoms with E-state index in [2.05, 4.69) is 5.10 Å². The fourth-order valence-corrected chi connectivity index (χ4v) is 2.53. The topological polar surface area (TPSA) is 38.1 Å². The molecule has 1 aliphatic rings. The third-order valence-electron chi connectivity index (χ3n) is 3.04. The number of nitrogens with zero attached hydrogens (tertiary/aromatic N) is 2. The number of rotatable bonds is 2. The van der Waals surface area contributed by atoms with Crippen LogP contribution in [0.3, 0.4) is 0 Å². The Morgan fingerprint density at radius 3 is 2.35 bits per heavy atom. The molecular weight excluding hydrogens is 257 g/mol. The molecule has 0 radical (unpaired) electrons. The van der Waals surface area contributed by atoms with Crippen LogP contribution in [0.5, 0.6) is 0 Å². The van der Waals surface area contributed by atoms with Gasteiger partial charge in [-0.3, -0.25) is 0 Å². The van der Waals surface area contributed by atoms with Gasteiger partial charge in [-0.25, -0.2) is 4.68 Å². The number of aromatic nitrogens is 2. The van der Waals surface area contributed by atoms with Gasteiger partial charge in [-0.15, -0.1) is 0 Å². The van der Waals surface area contributed by atoms with Crippen molar-refractivity contribution in [1.29, 1.82) is 0 Å². The molecule has 0 saturated heterocycles. The molecule has 17 heavy (non-hydrogen) atoms. The third kappa shape index (κ3) is 2.28. The van der Waals surface area contributed by atoms with Gasteiger partial charge in [0.05, 0.1) is 12.6 Å². The van der Waals surface area contributed by atoms with Crippen molar-refractivity contribution in [2.45, 2.75) is 44.5 Å². The Bertz CT molecular complexity index is 410. The van der Waals surface area contributed by atoms with Gasteiger partial charge in [-0.1, -0.05) is 24.4 Å². The van der Waals surface area contributed by atoms with E-state index in [9.17, 15) is 13.2 Å². The zero-order valence-corrected chi connectivity index (χ0v) is 9.72. The summed E-state index contributed by atoms with van der Waals surface area (Å²) in [4.78, 5) is 0. The monoisotopic (exact) mass is 268 g/mol. The minimum absolute atomic E-state index is 0.0797. The van der Waals surface area contributed by atoms with Gasteiger partial charge in [0, 0.05) is 5.56 Å². The molecule has 7 heteroatoms. The van der Waals surface area contributed by atoms with Crippen molar-refractivity contribution >= 4 is 11.6 Å². The highest BCUT2D eigenvalue weighted by molar-refractivity contribution is 6.30. The van der Waals surface area contributed by atoms with Gasteiger partial charge >= 0.3 is 6.18 Å². The van der Waals surface area contributed by atoms with Gasteiger partial charge in [-0.05, 0) is 12.8 Å². The van der Waals surface area contributed by atoms with Gasteiger partial charge < -0.3 is 5.11 Å². The standard InChI is InChI=1S/C10H12ClF3N2O/c11-9-7(5-17)8(10(12,13)14)15-16(9)6-3-1-2-4-6/h6,17H,1-5H2. The van der Waals surface area contributed by atoms with E-state index < -0.39 is 18.5 Å². The lowest BCUT2D eigenvalue weighted by atomic mass is 10.2. The van der Waals surface area contributed by atoms with E-state index >= 15 is 0 Å². The highest BCUT2D eigenvalue weighted by Crippen LogP contribution is 2.38. The van der Waals surface area contributed by atoms with Crippen LogP contribution in [0.25, 0.3) is 0 Å². The summed E-state index contributed by atoms with van der Waals surface area (Å²) < 4.78 is 39.2. The van der Waals surface area contributed by atoms with Gasteiger partial charge in [-0.2, -0.15) is 18.3 Å². The Kier molecular flexibility index (Phi) is 3.36. The molecule has 96 valence electrons. The minimum Gasteiger partial charge on any atom is -0.391 e. The Morgan fingerprint density at radius 1 is 1.35 bits per heavy atom. The Hall–Kier alpha value is -0.750. The maximum Gasteiger partial charge on any atom is 0.435 e. The smallest absolute Gasteiger partial charge is 0.391 e. The summed E-state index contributed by atoms with van der Waals surface area (Å²) in [5, 5.41) is 12.4. The van der Waals surface area contributed by atoms with Crippen molar-refractivity contribution in [3.05, 3.63) is 16.4 Å². The van der Waals surface area contributed by atoms with Crippen molar-refractivity contribution in [2.24, 2.45) is 0 Å². The molecule has 0 aliphatic heterocycles. The van der Waals surface area contributed by atoms with E-state index in [1.54, 1.807) is 0 Å². The summed E-state index contributed by atoms with van der Waals surface area (Å²) in [6.45, 7) is -0.750. The second-order valence-electron chi connectivity index (χ2n) is 4.16. The SMILES string of the molecule is OCc1c(C(F)(F)F)nn(C2CCCC2)c1Cl. The van der Waals surface area contributed by atoms with Crippen LogP contribution in [0.1, 0.15) is 43.0 Å². The first-order chi connectivity index (χ1) is 7.95. The molecule has 0 spiro atoms. The predicted molar refractivity (Wildman–Crippen MR) is 55.7 cm³/mol. The number of hydrogen-bond donors (Lipinski definition) is 1. The first-order valence-corrected chi connectivity index (χ1v) is 5.78. The first-order valence-electron chi connectivity index (χ1n) is 5.40. The van der Waals surface area contributed by atoms with Gasteiger partial charge in [0.1, 0.15) is 5.15 Å². The number of aliphatic hydroxyl groups is 1. The lowest BCUT2D eigenvalue weighted by molar-refractivity contribution is -0.142.